The first kappa shape index (κ1) is 13.6. The summed E-state index contributed by atoms with van der Waals surface area (Å²) < 4.78 is 0. The van der Waals surface area contributed by atoms with E-state index in [1.54, 1.807) is 0 Å². The Kier molecular flexibility index (Phi) is 4.21. The average Bonchev–Trinajstić information content (AvgIpc) is 2.67. The summed E-state index contributed by atoms with van der Waals surface area (Å²) in [6, 6.07) is 9.96. The lowest BCUT2D eigenvalue weighted by molar-refractivity contribution is -0.123. The first-order chi connectivity index (χ1) is 9.16. The molecule has 0 aromatic heterocycles. The number of hydrogen-bond donors (Lipinski definition) is 1. The van der Waals surface area contributed by atoms with Crippen molar-refractivity contribution < 1.29 is 4.79 Å². The van der Waals surface area contributed by atoms with Crippen LogP contribution >= 0.6 is 0 Å². The van der Waals surface area contributed by atoms with Crippen molar-refractivity contribution in [3.05, 3.63) is 29.8 Å². The second-order valence-corrected chi connectivity index (χ2v) is 5.43. The van der Waals surface area contributed by atoms with Crippen LogP contribution in [0.2, 0.25) is 0 Å². The molecule has 100 valence electrons. The van der Waals surface area contributed by atoms with Gasteiger partial charge in [-0.15, -0.1) is 0 Å². The largest absolute Gasteiger partial charge is 0.325 e. The Balaban J connectivity index is 2.12. The molecule has 0 saturated heterocycles. The maximum atomic E-state index is 12.4. The fraction of sp³-hybridized carbons (Fsp3) is 0.500. The quantitative estimate of drug-likeness (QED) is 0.818. The second kappa shape index (κ2) is 5.88. The zero-order chi connectivity index (χ0) is 13.7. The van der Waals surface area contributed by atoms with Crippen LogP contribution in [0.3, 0.4) is 0 Å². The van der Waals surface area contributed by atoms with E-state index in [-0.39, 0.29) is 5.91 Å². The summed E-state index contributed by atoms with van der Waals surface area (Å²) in [7, 11) is 0. The first-order valence-electron chi connectivity index (χ1n) is 6.96. The molecule has 0 heterocycles. The highest BCUT2D eigenvalue weighted by Crippen LogP contribution is 2.35. The molecule has 2 rings (SSSR count). The van der Waals surface area contributed by atoms with E-state index in [1.807, 2.05) is 31.2 Å². The monoisotopic (exact) mass is 256 g/mol. The van der Waals surface area contributed by atoms with Crippen molar-refractivity contribution >= 4 is 11.6 Å². The molecule has 0 spiro atoms. The van der Waals surface area contributed by atoms with Gasteiger partial charge in [-0.1, -0.05) is 43.4 Å². The highest BCUT2D eigenvalue weighted by Gasteiger charge is 2.38. The summed E-state index contributed by atoms with van der Waals surface area (Å²) in [6.45, 7) is 2.01. The summed E-state index contributed by atoms with van der Waals surface area (Å²) >= 11 is 0. The minimum absolute atomic E-state index is 0.138. The zero-order valence-electron chi connectivity index (χ0n) is 11.4. The maximum absolute atomic E-state index is 12.4. The number of amides is 1. The molecule has 0 bridgehead atoms. The SMILES string of the molecule is Cc1ccc(NC(=O)C2(C#N)CCCCCC2)cc1. The molecular weight excluding hydrogens is 236 g/mol. The molecule has 0 aliphatic heterocycles. The third kappa shape index (κ3) is 3.14. The summed E-state index contributed by atoms with van der Waals surface area (Å²) in [5, 5.41) is 12.3. The molecule has 1 amide bonds. The van der Waals surface area contributed by atoms with E-state index < -0.39 is 5.41 Å². The van der Waals surface area contributed by atoms with Gasteiger partial charge in [-0.3, -0.25) is 4.79 Å². The summed E-state index contributed by atoms with van der Waals surface area (Å²) in [5.74, 6) is -0.138. The van der Waals surface area contributed by atoms with E-state index in [0.29, 0.717) is 12.8 Å². The van der Waals surface area contributed by atoms with Crippen molar-refractivity contribution in [2.45, 2.75) is 45.4 Å². The van der Waals surface area contributed by atoms with Crippen LogP contribution < -0.4 is 5.32 Å². The third-order valence-electron chi connectivity index (χ3n) is 3.92. The first-order valence-corrected chi connectivity index (χ1v) is 6.96. The predicted octanol–water partition coefficient (Wildman–Crippen LogP) is 3.80. The van der Waals surface area contributed by atoms with Crippen molar-refractivity contribution in [2.24, 2.45) is 5.41 Å². The summed E-state index contributed by atoms with van der Waals surface area (Å²) in [6.07, 6.45) is 5.55. The van der Waals surface area contributed by atoms with E-state index in [0.717, 1.165) is 36.9 Å². The Labute approximate surface area is 114 Å². The van der Waals surface area contributed by atoms with Gasteiger partial charge in [0.05, 0.1) is 6.07 Å². The molecule has 1 aliphatic carbocycles. The number of hydrogen-bond acceptors (Lipinski definition) is 2. The van der Waals surface area contributed by atoms with Crippen LogP contribution in [-0.2, 0) is 4.79 Å². The van der Waals surface area contributed by atoms with Gasteiger partial charge in [-0.2, -0.15) is 5.26 Å². The van der Waals surface area contributed by atoms with Crippen molar-refractivity contribution in [3.63, 3.8) is 0 Å². The minimum atomic E-state index is -0.832. The number of nitrogens with zero attached hydrogens (tertiary/aromatic N) is 1. The molecule has 1 aliphatic rings. The van der Waals surface area contributed by atoms with Crippen LogP contribution in [0.25, 0.3) is 0 Å². The molecule has 19 heavy (non-hydrogen) atoms. The van der Waals surface area contributed by atoms with E-state index in [2.05, 4.69) is 11.4 Å². The van der Waals surface area contributed by atoms with Crippen molar-refractivity contribution in [1.29, 1.82) is 5.26 Å². The number of anilines is 1. The molecule has 1 aromatic carbocycles. The lowest BCUT2D eigenvalue weighted by Gasteiger charge is -2.23. The second-order valence-electron chi connectivity index (χ2n) is 5.43. The van der Waals surface area contributed by atoms with Gasteiger partial charge in [-0.05, 0) is 31.9 Å². The molecule has 1 saturated carbocycles. The van der Waals surface area contributed by atoms with Gasteiger partial charge in [0.25, 0.3) is 0 Å². The maximum Gasteiger partial charge on any atom is 0.244 e. The zero-order valence-corrected chi connectivity index (χ0v) is 11.4. The van der Waals surface area contributed by atoms with Gasteiger partial charge in [-0.25, -0.2) is 0 Å². The lowest BCUT2D eigenvalue weighted by Crippen LogP contribution is -2.34. The number of aryl methyl sites for hydroxylation is 1. The molecule has 0 atom stereocenters. The minimum Gasteiger partial charge on any atom is -0.325 e. The summed E-state index contributed by atoms with van der Waals surface area (Å²) in [5.41, 5.74) is 1.10. The number of carbonyl (C=O) groups excluding carboxylic acids is 1. The molecule has 1 N–H and O–H groups in total. The lowest BCUT2D eigenvalue weighted by atomic mass is 9.81. The van der Waals surface area contributed by atoms with Crippen LogP contribution in [0, 0.1) is 23.7 Å². The molecule has 0 unspecified atom stereocenters. The number of rotatable bonds is 2. The third-order valence-corrected chi connectivity index (χ3v) is 3.92. The van der Waals surface area contributed by atoms with Crippen molar-refractivity contribution in [2.75, 3.05) is 5.32 Å². The van der Waals surface area contributed by atoms with Gasteiger partial charge in [0.2, 0.25) is 5.91 Å². The number of benzene rings is 1. The Morgan fingerprint density at radius 3 is 2.26 bits per heavy atom. The number of nitrogens with one attached hydrogen (secondary N) is 1. The number of nitriles is 1. The fourth-order valence-electron chi connectivity index (χ4n) is 2.61. The normalized spacial score (nSPS) is 18.1. The van der Waals surface area contributed by atoms with Crippen LogP contribution in [0.15, 0.2) is 24.3 Å². The van der Waals surface area contributed by atoms with Crippen molar-refractivity contribution in [3.8, 4) is 6.07 Å². The molecule has 3 nitrogen and oxygen atoms in total. The molecule has 3 heteroatoms. The van der Waals surface area contributed by atoms with Gasteiger partial charge >= 0.3 is 0 Å². The van der Waals surface area contributed by atoms with Gasteiger partial charge < -0.3 is 5.32 Å². The molecule has 1 aromatic rings. The molecule has 1 fully saturated rings. The van der Waals surface area contributed by atoms with Gasteiger partial charge in [0, 0.05) is 5.69 Å². The van der Waals surface area contributed by atoms with Crippen LogP contribution in [0.4, 0.5) is 5.69 Å². The smallest absolute Gasteiger partial charge is 0.244 e. The average molecular weight is 256 g/mol. The van der Waals surface area contributed by atoms with E-state index in [1.165, 1.54) is 0 Å². The fourth-order valence-corrected chi connectivity index (χ4v) is 2.61. The Bertz CT molecular complexity index is 476. The highest BCUT2D eigenvalue weighted by molar-refractivity contribution is 5.97. The Hall–Kier alpha value is -1.82. The van der Waals surface area contributed by atoms with Crippen LogP contribution in [0.1, 0.15) is 44.1 Å². The van der Waals surface area contributed by atoms with E-state index in [9.17, 15) is 10.1 Å². The summed E-state index contributed by atoms with van der Waals surface area (Å²) in [4.78, 5) is 12.4. The Morgan fingerprint density at radius 1 is 1.16 bits per heavy atom. The van der Waals surface area contributed by atoms with Gasteiger partial charge in [0.15, 0.2) is 0 Å². The van der Waals surface area contributed by atoms with E-state index in [4.69, 9.17) is 0 Å². The molecule has 0 radical (unpaired) electrons. The standard InChI is InChI=1S/C16H20N2O/c1-13-6-8-14(9-7-13)18-15(19)16(12-17)10-4-2-3-5-11-16/h6-9H,2-5,10-11H2,1H3,(H,18,19). The molecular formula is C16H20N2O. The predicted molar refractivity (Wildman–Crippen MR) is 75.6 cm³/mol. The van der Waals surface area contributed by atoms with Gasteiger partial charge in [0.1, 0.15) is 5.41 Å². The van der Waals surface area contributed by atoms with E-state index >= 15 is 0 Å². The van der Waals surface area contributed by atoms with Crippen molar-refractivity contribution in [1.82, 2.24) is 0 Å². The number of carbonyl (C=O) groups is 1. The Morgan fingerprint density at radius 2 is 1.74 bits per heavy atom. The topological polar surface area (TPSA) is 52.9 Å². The highest BCUT2D eigenvalue weighted by atomic mass is 16.2. The van der Waals surface area contributed by atoms with Crippen LogP contribution in [0.5, 0.6) is 0 Å². The van der Waals surface area contributed by atoms with Crippen LogP contribution in [-0.4, -0.2) is 5.91 Å².